The van der Waals surface area contributed by atoms with Crippen LogP contribution in [-0.2, 0) is 11.3 Å². The van der Waals surface area contributed by atoms with E-state index in [0.717, 1.165) is 17.7 Å². The van der Waals surface area contributed by atoms with Crippen molar-refractivity contribution in [2.45, 2.75) is 39.7 Å². The van der Waals surface area contributed by atoms with Gasteiger partial charge >= 0.3 is 0 Å². The topological polar surface area (TPSA) is 80.6 Å². The molecule has 0 aliphatic carbocycles. The molecule has 0 aromatic heterocycles. The van der Waals surface area contributed by atoms with Crippen molar-refractivity contribution in [3.63, 3.8) is 0 Å². The largest absolute Gasteiger partial charge is 0.490 e. The fourth-order valence-electron chi connectivity index (χ4n) is 3.69. The van der Waals surface area contributed by atoms with Crippen LogP contribution in [0.5, 0.6) is 17.2 Å². The molecule has 1 atom stereocenters. The van der Waals surface area contributed by atoms with E-state index in [9.17, 15) is 10.1 Å². The number of rotatable bonds is 13. The molecule has 0 unspecified atom stereocenters. The second-order valence-corrected chi connectivity index (χ2v) is 9.08. The number of hydrogen-bond acceptors (Lipinski definition) is 5. The molecule has 0 aliphatic heterocycles. The number of carbonyl (C=O) groups is 1. The molecule has 6 nitrogen and oxygen atoms in total. The second-order valence-electron chi connectivity index (χ2n) is 8.68. The van der Waals surface area contributed by atoms with Crippen LogP contribution in [0.1, 0.15) is 49.8 Å². The number of hydrogen-bond donors (Lipinski definition) is 1. The summed E-state index contributed by atoms with van der Waals surface area (Å²) in [6, 6.07) is 22.9. The molecule has 0 bridgehead atoms. The van der Waals surface area contributed by atoms with Gasteiger partial charge in [-0.15, -0.1) is 0 Å². The zero-order chi connectivity index (χ0) is 27.3. The van der Waals surface area contributed by atoms with Crippen LogP contribution in [0, 0.1) is 11.3 Å². The summed E-state index contributed by atoms with van der Waals surface area (Å²) in [5.41, 5.74) is 2.73. The normalized spacial score (nSPS) is 11.8. The van der Waals surface area contributed by atoms with Gasteiger partial charge in [-0.2, -0.15) is 5.26 Å². The van der Waals surface area contributed by atoms with E-state index >= 15 is 0 Å². The summed E-state index contributed by atoms with van der Waals surface area (Å²) in [4.78, 5) is 12.6. The van der Waals surface area contributed by atoms with E-state index in [1.54, 1.807) is 12.1 Å². The number of nitriles is 1. The predicted octanol–water partition coefficient (Wildman–Crippen LogP) is 6.93. The number of amides is 1. The maximum Gasteiger partial charge on any atom is 0.262 e. The number of ether oxygens (including phenoxy) is 3. The Morgan fingerprint density at radius 2 is 1.74 bits per heavy atom. The van der Waals surface area contributed by atoms with Gasteiger partial charge in [-0.25, -0.2) is 0 Å². The molecule has 0 saturated heterocycles. The number of benzene rings is 3. The molecule has 0 spiro atoms. The summed E-state index contributed by atoms with van der Waals surface area (Å²) in [5.74, 6) is 1.61. The van der Waals surface area contributed by atoms with Gasteiger partial charge in [0.05, 0.1) is 11.6 Å². The molecule has 0 aliphatic rings. The number of carbonyl (C=O) groups excluding carboxylic acids is 1. The molecule has 198 valence electrons. The zero-order valence-electron chi connectivity index (χ0n) is 22.0. The van der Waals surface area contributed by atoms with Crippen molar-refractivity contribution in [3.8, 4) is 23.3 Å². The van der Waals surface area contributed by atoms with Gasteiger partial charge in [0.25, 0.3) is 5.91 Å². The number of halogens is 1. The highest BCUT2D eigenvalue weighted by atomic mass is 35.5. The number of nitrogens with zero attached hydrogens (tertiary/aromatic N) is 1. The summed E-state index contributed by atoms with van der Waals surface area (Å²) < 4.78 is 17.4. The minimum Gasteiger partial charge on any atom is -0.490 e. The average Bonchev–Trinajstić information content (AvgIpc) is 2.94. The lowest BCUT2D eigenvalue weighted by molar-refractivity contribution is -0.117. The van der Waals surface area contributed by atoms with Gasteiger partial charge in [-0.3, -0.25) is 4.79 Å². The van der Waals surface area contributed by atoms with Crippen LogP contribution in [0.4, 0.5) is 0 Å². The predicted molar refractivity (Wildman–Crippen MR) is 151 cm³/mol. The molecule has 0 saturated carbocycles. The van der Waals surface area contributed by atoms with Crippen LogP contribution in [0.15, 0.2) is 72.3 Å². The second kappa shape index (κ2) is 14.7. The summed E-state index contributed by atoms with van der Waals surface area (Å²) in [7, 11) is 0. The first kappa shape index (κ1) is 28.6. The monoisotopic (exact) mass is 532 g/mol. The van der Waals surface area contributed by atoms with Crippen LogP contribution >= 0.6 is 11.6 Å². The summed E-state index contributed by atoms with van der Waals surface area (Å²) >= 11 is 6.52. The molecular formula is C31H33ClN2O4. The Hall–Kier alpha value is -3.95. The van der Waals surface area contributed by atoms with E-state index in [0.29, 0.717) is 47.8 Å². The standard InChI is InChI=1S/C31H33ClN2O4/c1-4-22(3)25-11-13-27(14-12-25)37-15-16-38-30-28(32)18-24(19-29(30)36-5-2)17-26(20-33)31(35)34-21-23-9-7-6-8-10-23/h6-14,17-19,22H,4-5,15-16,21H2,1-3H3,(H,34,35)/b26-17+/t22-/m0/s1. The van der Waals surface area contributed by atoms with Gasteiger partial charge in [0.15, 0.2) is 11.5 Å². The number of nitrogens with one attached hydrogen (secondary N) is 1. The first-order chi connectivity index (χ1) is 18.4. The molecule has 3 rings (SSSR count). The van der Waals surface area contributed by atoms with Crippen molar-refractivity contribution < 1.29 is 19.0 Å². The van der Waals surface area contributed by atoms with Crippen LogP contribution < -0.4 is 19.5 Å². The summed E-state index contributed by atoms with van der Waals surface area (Å²) in [5, 5.41) is 12.6. The quantitative estimate of drug-likeness (QED) is 0.146. The smallest absolute Gasteiger partial charge is 0.262 e. The lowest BCUT2D eigenvalue weighted by Crippen LogP contribution is -2.23. The van der Waals surface area contributed by atoms with Gasteiger partial charge in [0, 0.05) is 6.54 Å². The average molecular weight is 533 g/mol. The molecule has 3 aromatic rings. The van der Waals surface area contributed by atoms with Crippen molar-refractivity contribution in [1.82, 2.24) is 5.32 Å². The highest BCUT2D eigenvalue weighted by molar-refractivity contribution is 6.32. The van der Waals surface area contributed by atoms with Crippen molar-refractivity contribution >= 4 is 23.6 Å². The Labute approximate surface area is 229 Å². The van der Waals surface area contributed by atoms with Crippen molar-refractivity contribution in [3.05, 3.63) is 94.0 Å². The van der Waals surface area contributed by atoms with Gasteiger partial charge in [0.1, 0.15) is 30.6 Å². The van der Waals surface area contributed by atoms with Gasteiger partial charge < -0.3 is 19.5 Å². The SMILES string of the molecule is CCOc1cc(/C=C(\C#N)C(=O)NCc2ccccc2)cc(Cl)c1OCCOc1ccc([C@@H](C)CC)cc1. The maximum atomic E-state index is 12.6. The first-order valence-electron chi connectivity index (χ1n) is 12.7. The van der Waals surface area contributed by atoms with E-state index in [4.69, 9.17) is 25.8 Å². The third-order valence-corrected chi connectivity index (χ3v) is 6.24. The first-order valence-corrected chi connectivity index (χ1v) is 13.1. The van der Waals surface area contributed by atoms with Crippen molar-refractivity contribution in [1.29, 1.82) is 5.26 Å². The minimum absolute atomic E-state index is 0.0409. The fraction of sp³-hybridized carbons (Fsp3) is 0.290. The fourth-order valence-corrected chi connectivity index (χ4v) is 3.97. The van der Waals surface area contributed by atoms with Crippen LogP contribution in [0.2, 0.25) is 5.02 Å². The molecule has 0 fully saturated rings. The van der Waals surface area contributed by atoms with E-state index in [1.807, 2.05) is 55.5 Å². The van der Waals surface area contributed by atoms with Crippen LogP contribution in [0.3, 0.4) is 0 Å². The lowest BCUT2D eigenvalue weighted by Gasteiger charge is -2.15. The van der Waals surface area contributed by atoms with E-state index in [-0.39, 0.29) is 12.2 Å². The maximum absolute atomic E-state index is 12.6. The Bertz CT molecular complexity index is 1270. The molecule has 1 amide bonds. The van der Waals surface area contributed by atoms with Crippen molar-refractivity contribution in [2.75, 3.05) is 19.8 Å². The van der Waals surface area contributed by atoms with Gasteiger partial charge in [0.2, 0.25) is 0 Å². The summed E-state index contributed by atoms with van der Waals surface area (Å²) in [6.45, 7) is 7.52. The highest BCUT2D eigenvalue weighted by Crippen LogP contribution is 2.37. The Morgan fingerprint density at radius 3 is 2.39 bits per heavy atom. The van der Waals surface area contributed by atoms with E-state index in [1.165, 1.54) is 11.6 Å². The Kier molecular flexibility index (Phi) is 11.1. The summed E-state index contributed by atoms with van der Waals surface area (Å²) in [6.07, 6.45) is 2.56. The van der Waals surface area contributed by atoms with Crippen LogP contribution in [-0.4, -0.2) is 25.7 Å². The third-order valence-electron chi connectivity index (χ3n) is 5.96. The molecule has 0 radical (unpaired) electrons. The Balaban J connectivity index is 1.64. The molecule has 3 aromatic carbocycles. The third kappa shape index (κ3) is 8.29. The molecule has 1 N–H and O–H groups in total. The molecule has 0 heterocycles. The molecule has 7 heteroatoms. The van der Waals surface area contributed by atoms with Crippen LogP contribution in [0.25, 0.3) is 6.08 Å². The zero-order valence-corrected chi connectivity index (χ0v) is 22.8. The molecule has 38 heavy (non-hydrogen) atoms. The van der Waals surface area contributed by atoms with Gasteiger partial charge in [-0.05, 0) is 66.3 Å². The minimum atomic E-state index is -0.472. The van der Waals surface area contributed by atoms with E-state index in [2.05, 4.69) is 31.3 Å². The lowest BCUT2D eigenvalue weighted by atomic mass is 9.99. The van der Waals surface area contributed by atoms with E-state index < -0.39 is 5.91 Å². The Morgan fingerprint density at radius 1 is 1.03 bits per heavy atom. The van der Waals surface area contributed by atoms with Gasteiger partial charge in [-0.1, -0.05) is 67.9 Å². The van der Waals surface area contributed by atoms with Crippen molar-refractivity contribution in [2.24, 2.45) is 0 Å². The molecular weight excluding hydrogens is 500 g/mol. The highest BCUT2D eigenvalue weighted by Gasteiger charge is 2.15.